The van der Waals surface area contributed by atoms with Crippen LogP contribution in [0.5, 0.6) is 11.5 Å². The van der Waals surface area contributed by atoms with E-state index in [-0.39, 0.29) is 23.3 Å². The fourth-order valence-electron chi connectivity index (χ4n) is 4.27. The first kappa shape index (κ1) is 29.8. The SMILES string of the molecule is CCCCCCCCCCCCC(Oc1ccc(O)c(C(C)CC)c1)C(=O)Nc1ccc(Cl)c([NH])c1. The van der Waals surface area contributed by atoms with E-state index in [4.69, 9.17) is 22.1 Å². The van der Waals surface area contributed by atoms with Gasteiger partial charge in [-0.2, -0.15) is 0 Å². The number of hydrogen-bond donors (Lipinski definition) is 2. The summed E-state index contributed by atoms with van der Waals surface area (Å²) < 4.78 is 6.18. The third-order valence-electron chi connectivity index (χ3n) is 6.77. The summed E-state index contributed by atoms with van der Waals surface area (Å²) in [5.74, 6) is 0.766. The minimum absolute atomic E-state index is 0.165. The van der Waals surface area contributed by atoms with Crippen molar-refractivity contribution < 1.29 is 14.6 Å². The second-order valence-corrected chi connectivity index (χ2v) is 10.2. The zero-order valence-electron chi connectivity index (χ0n) is 22.2. The Morgan fingerprint density at radius 3 is 2.22 bits per heavy atom. The number of phenolic OH excluding ortho intramolecular Hbond substituents is 1. The summed E-state index contributed by atoms with van der Waals surface area (Å²) in [5, 5.41) is 13.5. The van der Waals surface area contributed by atoms with E-state index in [0.717, 1.165) is 24.8 Å². The van der Waals surface area contributed by atoms with Gasteiger partial charge in [0.2, 0.25) is 0 Å². The van der Waals surface area contributed by atoms with Crippen molar-refractivity contribution in [3.8, 4) is 11.5 Å². The molecule has 1 amide bonds. The van der Waals surface area contributed by atoms with Gasteiger partial charge in [0.05, 0.1) is 10.7 Å². The maximum absolute atomic E-state index is 13.2. The summed E-state index contributed by atoms with van der Waals surface area (Å²) in [6, 6.07) is 10.0. The number of ether oxygens (including phenoxy) is 1. The van der Waals surface area contributed by atoms with E-state index >= 15 is 0 Å². The van der Waals surface area contributed by atoms with Crippen LogP contribution in [0, 0.1) is 0 Å². The predicted molar refractivity (Wildman–Crippen MR) is 151 cm³/mol. The minimum atomic E-state index is -0.668. The van der Waals surface area contributed by atoms with Gasteiger partial charge < -0.3 is 15.2 Å². The van der Waals surface area contributed by atoms with E-state index in [1.165, 1.54) is 51.4 Å². The highest BCUT2D eigenvalue weighted by Crippen LogP contribution is 2.32. The van der Waals surface area contributed by atoms with E-state index < -0.39 is 6.10 Å². The highest BCUT2D eigenvalue weighted by atomic mass is 35.5. The van der Waals surface area contributed by atoms with Gasteiger partial charge in [0, 0.05) is 11.3 Å². The normalized spacial score (nSPS) is 12.8. The fraction of sp³-hybridized carbons (Fsp3) is 0.567. The van der Waals surface area contributed by atoms with Crippen LogP contribution < -0.4 is 15.8 Å². The first-order valence-electron chi connectivity index (χ1n) is 13.7. The van der Waals surface area contributed by atoms with E-state index in [2.05, 4.69) is 26.1 Å². The summed E-state index contributed by atoms with van der Waals surface area (Å²) >= 11 is 5.96. The van der Waals surface area contributed by atoms with Gasteiger partial charge in [0.1, 0.15) is 11.5 Å². The standard InChI is InChI=1S/C30H44ClN2O3/c1-4-6-7-8-9-10-11-12-13-14-15-29(30(35)33-23-16-18-26(31)27(32)20-23)36-24-17-19-28(34)25(21-24)22(3)5-2/h16-22,29,32,34H,4-15H2,1-3H3,(H,33,35). The predicted octanol–water partition coefficient (Wildman–Crippen LogP) is 9.17. The van der Waals surface area contributed by atoms with Crippen LogP contribution in [-0.4, -0.2) is 17.1 Å². The molecule has 2 atom stereocenters. The van der Waals surface area contributed by atoms with Crippen molar-refractivity contribution >= 4 is 28.9 Å². The fourth-order valence-corrected chi connectivity index (χ4v) is 4.39. The van der Waals surface area contributed by atoms with E-state index in [0.29, 0.717) is 22.9 Å². The molecule has 6 heteroatoms. The van der Waals surface area contributed by atoms with E-state index in [1.807, 2.05) is 6.07 Å². The molecule has 0 aromatic heterocycles. The first-order valence-corrected chi connectivity index (χ1v) is 14.0. The topological polar surface area (TPSA) is 82.4 Å². The molecule has 0 saturated carbocycles. The maximum atomic E-state index is 13.2. The molecule has 5 nitrogen and oxygen atoms in total. The molecule has 36 heavy (non-hydrogen) atoms. The Bertz CT molecular complexity index is 934. The number of amides is 1. The van der Waals surface area contributed by atoms with Crippen molar-refractivity contribution in [2.75, 3.05) is 5.32 Å². The van der Waals surface area contributed by atoms with Crippen molar-refractivity contribution in [2.24, 2.45) is 0 Å². The first-order chi connectivity index (χ1) is 17.3. The number of phenols is 1. The lowest BCUT2D eigenvalue weighted by atomic mass is 9.97. The van der Waals surface area contributed by atoms with Crippen molar-refractivity contribution in [1.82, 2.24) is 5.73 Å². The molecule has 0 saturated heterocycles. The number of nitrogens with one attached hydrogen (secondary N) is 2. The molecule has 0 fully saturated rings. The highest BCUT2D eigenvalue weighted by Gasteiger charge is 2.22. The number of hydrogen-bond acceptors (Lipinski definition) is 3. The van der Waals surface area contributed by atoms with Gasteiger partial charge in [0.25, 0.3) is 5.91 Å². The molecule has 2 unspecified atom stereocenters. The average Bonchev–Trinajstić information content (AvgIpc) is 2.87. The molecule has 0 aliphatic carbocycles. The Hall–Kier alpha value is -2.40. The van der Waals surface area contributed by atoms with Crippen LogP contribution >= 0.6 is 11.6 Å². The van der Waals surface area contributed by atoms with Crippen LogP contribution in [-0.2, 0) is 4.79 Å². The van der Waals surface area contributed by atoms with Crippen LogP contribution in [0.4, 0.5) is 11.4 Å². The van der Waals surface area contributed by atoms with Crippen molar-refractivity contribution in [3.63, 3.8) is 0 Å². The summed E-state index contributed by atoms with van der Waals surface area (Å²) in [6.07, 6.45) is 13.1. The second-order valence-electron chi connectivity index (χ2n) is 9.79. The van der Waals surface area contributed by atoms with Crippen molar-refractivity contribution in [2.45, 2.75) is 110 Å². The molecule has 199 valence electrons. The molecule has 1 radical (unpaired) electrons. The highest BCUT2D eigenvalue weighted by molar-refractivity contribution is 6.33. The van der Waals surface area contributed by atoms with Crippen LogP contribution in [0.3, 0.4) is 0 Å². The molecule has 0 spiro atoms. The zero-order chi connectivity index (χ0) is 26.3. The van der Waals surface area contributed by atoms with E-state index in [1.54, 1.807) is 30.3 Å². The monoisotopic (exact) mass is 515 g/mol. The Balaban J connectivity index is 1.97. The molecule has 3 N–H and O–H groups in total. The number of aromatic hydroxyl groups is 1. The Kier molecular flexibility index (Phi) is 13.6. The van der Waals surface area contributed by atoms with Crippen LogP contribution in [0.1, 0.15) is 109 Å². The lowest BCUT2D eigenvalue weighted by molar-refractivity contribution is -0.123. The average molecular weight is 516 g/mol. The second kappa shape index (κ2) is 16.4. The molecule has 0 aliphatic heterocycles. The molecule has 2 rings (SSSR count). The van der Waals surface area contributed by atoms with Gasteiger partial charge in [-0.05, 0) is 61.6 Å². The van der Waals surface area contributed by atoms with Gasteiger partial charge in [-0.3, -0.25) is 10.5 Å². The quantitative estimate of drug-likeness (QED) is 0.206. The zero-order valence-corrected chi connectivity index (χ0v) is 23.0. The molecule has 0 bridgehead atoms. The third-order valence-corrected chi connectivity index (χ3v) is 7.10. The molecule has 2 aromatic carbocycles. The number of benzene rings is 2. The number of unbranched alkanes of at least 4 members (excludes halogenated alkanes) is 9. The van der Waals surface area contributed by atoms with E-state index in [9.17, 15) is 9.90 Å². The number of anilines is 1. The van der Waals surface area contributed by atoms with Gasteiger partial charge in [-0.15, -0.1) is 0 Å². The molecular weight excluding hydrogens is 472 g/mol. The Morgan fingerprint density at radius 1 is 0.972 bits per heavy atom. The van der Waals surface area contributed by atoms with Gasteiger partial charge >= 0.3 is 0 Å². The van der Waals surface area contributed by atoms with Crippen molar-refractivity contribution in [1.29, 1.82) is 0 Å². The Labute approximate surface area is 222 Å². The number of carbonyl (C=O) groups excluding carboxylic acids is 1. The molecule has 2 aromatic rings. The molecular formula is C30H44ClN2O3. The maximum Gasteiger partial charge on any atom is 0.265 e. The lowest BCUT2D eigenvalue weighted by Crippen LogP contribution is -2.33. The molecule has 0 heterocycles. The summed E-state index contributed by atoms with van der Waals surface area (Å²) in [5.41, 5.74) is 9.41. The third kappa shape index (κ3) is 10.3. The summed E-state index contributed by atoms with van der Waals surface area (Å²) in [7, 11) is 0. The Morgan fingerprint density at radius 2 is 1.61 bits per heavy atom. The van der Waals surface area contributed by atoms with Crippen LogP contribution in [0.15, 0.2) is 36.4 Å². The van der Waals surface area contributed by atoms with Crippen molar-refractivity contribution in [3.05, 3.63) is 47.0 Å². The summed E-state index contributed by atoms with van der Waals surface area (Å²) in [4.78, 5) is 13.2. The largest absolute Gasteiger partial charge is 0.508 e. The van der Waals surface area contributed by atoms with Gasteiger partial charge in [0.15, 0.2) is 6.10 Å². The lowest BCUT2D eigenvalue weighted by Gasteiger charge is -2.20. The molecule has 0 aliphatic rings. The summed E-state index contributed by atoms with van der Waals surface area (Å²) in [6.45, 7) is 6.38. The smallest absolute Gasteiger partial charge is 0.265 e. The number of carbonyl (C=O) groups is 1. The van der Waals surface area contributed by atoms with Gasteiger partial charge in [-0.1, -0.05) is 90.2 Å². The number of halogens is 1. The van der Waals surface area contributed by atoms with Crippen LogP contribution in [0.2, 0.25) is 5.02 Å². The minimum Gasteiger partial charge on any atom is -0.508 e. The van der Waals surface area contributed by atoms with Crippen LogP contribution in [0.25, 0.3) is 0 Å². The van der Waals surface area contributed by atoms with Gasteiger partial charge in [-0.25, -0.2) is 0 Å². The number of rotatable bonds is 17.